The summed E-state index contributed by atoms with van der Waals surface area (Å²) in [5.74, 6) is 1.51. The Morgan fingerprint density at radius 1 is 1.10 bits per heavy atom. The Labute approximate surface area is 126 Å². The van der Waals surface area contributed by atoms with Crippen LogP contribution >= 0.6 is 0 Å². The Balaban J connectivity index is 2.16. The average Bonchev–Trinajstić information content (AvgIpc) is 2.39. The summed E-state index contributed by atoms with van der Waals surface area (Å²) in [6, 6.07) is 1.47. The van der Waals surface area contributed by atoms with E-state index in [1.165, 1.54) is 51.6 Å². The van der Waals surface area contributed by atoms with E-state index in [2.05, 4.69) is 44.8 Å². The van der Waals surface area contributed by atoms with E-state index in [1.54, 1.807) is 0 Å². The number of hydrogen-bond acceptors (Lipinski definition) is 2. The maximum absolute atomic E-state index is 3.97. The van der Waals surface area contributed by atoms with Crippen LogP contribution in [0.5, 0.6) is 0 Å². The Bertz CT molecular complexity index is 282. The quantitative estimate of drug-likeness (QED) is 0.835. The van der Waals surface area contributed by atoms with Crippen molar-refractivity contribution in [3.63, 3.8) is 0 Å². The van der Waals surface area contributed by atoms with Crippen LogP contribution in [-0.2, 0) is 0 Å². The number of piperazine rings is 1. The molecule has 1 saturated heterocycles. The molecule has 2 heteroatoms. The van der Waals surface area contributed by atoms with Crippen molar-refractivity contribution in [2.75, 3.05) is 13.1 Å². The molecule has 2 rings (SSSR count). The number of nitrogens with one attached hydrogen (secondary N) is 1. The molecule has 2 nitrogen and oxygen atoms in total. The van der Waals surface area contributed by atoms with Crippen LogP contribution in [0.1, 0.15) is 73.1 Å². The van der Waals surface area contributed by atoms with Crippen molar-refractivity contribution in [1.29, 1.82) is 0 Å². The van der Waals surface area contributed by atoms with Gasteiger partial charge >= 0.3 is 0 Å². The third-order valence-electron chi connectivity index (χ3n) is 5.79. The molecule has 0 radical (unpaired) electrons. The van der Waals surface area contributed by atoms with Crippen molar-refractivity contribution < 1.29 is 0 Å². The lowest BCUT2D eigenvalue weighted by molar-refractivity contribution is -0.00871. The molecular weight excluding hydrogens is 244 g/mol. The van der Waals surface area contributed by atoms with Gasteiger partial charge in [0.15, 0.2) is 0 Å². The van der Waals surface area contributed by atoms with Gasteiger partial charge in [0.25, 0.3) is 0 Å². The molecule has 1 spiro atoms. The minimum Gasteiger partial charge on any atom is -0.308 e. The van der Waals surface area contributed by atoms with Gasteiger partial charge in [-0.05, 0) is 31.1 Å². The van der Waals surface area contributed by atoms with Crippen molar-refractivity contribution in [3.8, 4) is 0 Å². The summed E-state index contributed by atoms with van der Waals surface area (Å²) in [5, 5.41) is 3.97. The molecule has 1 aliphatic heterocycles. The van der Waals surface area contributed by atoms with Crippen molar-refractivity contribution in [2.24, 2.45) is 11.8 Å². The second kappa shape index (κ2) is 6.79. The van der Waals surface area contributed by atoms with E-state index in [4.69, 9.17) is 0 Å². The molecule has 0 amide bonds. The summed E-state index contributed by atoms with van der Waals surface area (Å²) in [6.45, 7) is 14.4. The maximum atomic E-state index is 3.97. The first-order chi connectivity index (χ1) is 9.49. The topological polar surface area (TPSA) is 15.3 Å². The number of nitrogens with zero attached hydrogens (tertiary/aromatic N) is 1. The van der Waals surface area contributed by atoms with Gasteiger partial charge in [0.05, 0.1) is 0 Å². The fourth-order valence-corrected chi connectivity index (χ4v) is 4.60. The third kappa shape index (κ3) is 3.39. The van der Waals surface area contributed by atoms with E-state index < -0.39 is 0 Å². The van der Waals surface area contributed by atoms with Crippen LogP contribution < -0.4 is 5.32 Å². The minimum atomic E-state index is 0.436. The van der Waals surface area contributed by atoms with Crippen LogP contribution in [0.2, 0.25) is 0 Å². The van der Waals surface area contributed by atoms with Crippen LogP contribution in [0, 0.1) is 11.8 Å². The molecule has 2 atom stereocenters. The van der Waals surface area contributed by atoms with Crippen LogP contribution in [0.15, 0.2) is 0 Å². The second-order valence-corrected chi connectivity index (χ2v) is 7.93. The largest absolute Gasteiger partial charge is 0.308 e. The van der Waals surface area contributed by atoms with Gasteiger partial charge in [-0.3, -0.25) is 4.90 Å². The van der Waals surface area contributed by atoms with Crippen LogP contribution in [0.3, 0.4) is 0 Å². The van der Waals surface area contributed by atoms with Gasteiger partial charge in [0, 0.05) is 30.7 Å². The molecular formula is C18H36N2. The summed E-state index contributed by atoms with van der Waals surface area (Å²) in [7, 11) is 0. The van der Waals surface area contributed by atoms with Gasteiger partial charge in [-0.15, -0.1) is 0 Å². The van der Waals surface area contributed by atoms with Crippen LogP contribution in [-0.4, -0.2) is 35.6 Å². The van der Waals surface area contributed by atoms with Gasteiger partial charge in [-0.1, -0.05) is 53.9 Å². The zero-order valence-electron chi connectivity index (χ0n) is 14.4. The minimum absolute atomic E-state index is 0.436. The lowest BCUT2D eigenvalue weighted by Crippen LogP contribution is -2.68. The summed E-state index contributed by atoms with van der Waals surface area (Å²) >= 11 is 0. The highest BCUT2D eigenvalue weighted by molar-refractivity contribution is 5.02. The molecule has 118 valence electrons. The SMILES string of the molecule is CCC(C(C)C)N1CC2(CCCCC2)NCC1C(C)C. The molecule has 0 aromatic carbocycles. The first kappa shape index (κ1) is 16.3. The van der Waals surface area contributed by atoms with Crippen LogP contribution in [0.25, 0.3) is 0 Å². The van der Waals surface area contributed by atoms with Crippen molar-refractivity contribution in [2.45, 2.75) is 90.8 Å². The van der Waals surface area contributed by atoms with Gasteiger partial charge in [-0.25, -0.2) is 0 Å². The molecule has 1 heterocycles. The van der Waals surface area contributed by atoms with E-state index in [-0.39, 0.29) is 0 Å². The predicted octanol–water partition coefficient (Wildman–Crippen LogP) is 4.05. The highest BCUT2D eigenvalue weighted by atomic mass is 15.3. The molecule has 0 aromatic rings. The Morgan fingerprint density at radius 3 is 2.25 bits per heavy atom. The van der Waals surface area contributed by atoms with E-state index >= 15 is 0 Å². The summed E-state index contributed by atoms with van der Waals surface area (Å²) in [6.07, 6.45) is 8.36. The third-order valence-corrected chi connectivity index (χ3v) is 5.79. The maximum Gasteiger partial charge on any atom is 0.0309 e. The fraction of sp³-hybridized carbons (Fsp3) is 1.00. The van der Waals surface area contributed by atoms with Crippen molar-refractivity contribution in [1.82, 2.24) is 10.2 Å². The average molecular weight is 280 g/mol. The molecule has 2 unspecified atom stereocenters. The number of rotatable bonds is 4. The second-order valence-electron chi connectivity index (χ2n) is 7.93. The highest BCUT2D eigenvalue weighted by Gasteiger charge is 2.42. The van der Waals surface area contributed by atoms with Crippen molar-refractivity contribution in [3.05, 3.63) is 0 Å². The Kier molecular flexibility index (Phi) is 5.53. The van der Waals surface area contributed by atoms with Crippen molar-refractivity contribution >= 4 is 0 Å². The smallest absolute Gasteiger partial charge is 0.0309 e. The van der Waals surface area contributed by atoms with Gasteiger partial charge < -0.3 is 5.32 Å². The zero-order valence-corrected chi connectivity index (χ0v) is 14.4. The molecule has 1 aliphatic carbocycles. The fourth-order valence-electron chi connectivity index (χ4n) is 4.60. The number of hydrogen-bond donors (Lipinski definition) is 1. The van der Waals surface area contributed by atoms with E-state index in [0.29, 0.717) is 5.54 Å². The molecule has 20 heavy (non-hydrogen) atoms. The molecule has 2 aliphatic rings. The Morgan fingerprint density at radius 2 is 1.75 bits per heavy atom. The standard InChI is InChI=1S/C18H36N2/c1-6-16(14(2)3)20-13-18(10-8-7-9-11-18)19-12-17(20)15(4)5/h14-17,19H,6-13H2,1-5H3. The molecule has 0 aromatic heterocycles. The summed E-state index contributed by atoms with van der Waals surface area (Å²) in [4.78, 5) is 2.89. The lowest BCUT2D eigenvalue weighted by Gasteiger charge is -2.54. The molecule has 1 N–H and O–H groups in total. The Hall–Kier alpha value is -0.0800. The lowest BCUT2D eigenvalue weighted by atomic mass is 9.77. The normalized spacial score (nSPS) is 29.2. The predicted molar refractivity (Wildman–Crippen MR) is 88.1 cm³/mol. The summed E-state index contributed by atoms with van der Waals surface area (Å²) in [5.41, 5.74) is 0.436. The van der Waals surface area contributed by atoms with E-state index in [9.17, 15) is 0 Å². The first-order valence-corrected chi connectivity index (χ1v) is 9.00. The highest BCUT2D eigenvalue weighted by Crippen LogP contribution is 2.35. The van der Waals surface area contributed by atoms with Crippen LogP contribution in [0.4, 0.5) is 0 Å². The summed E-state index contributed by atoms with van der Waals surface area (Å²) < 4.78 is 0. The van der Waals surface area contributed by atoms with Gasteiger partial charge in [-0.2, -0.15) is 0 Å². The monoisotopic (exact) mass is 280 g/mol. The molecule has 2 fully saturated rings. The van der Waals surface area contributed by atoms with Gasteiger partial charge in [0.1, 0.15) is 0 Å². The van der Waals surface area contributed by atoms with E-state index in [0.717, 1.165) is 23.9 Å². The molecule has 0 bridgehead atoms. The van der Waals surface area contributed by atoms with Gasteiger partial charge in [0.2, 0.25) is 0 Å². The van der Waals surface area contributed by atoms with E-state index in [1.807, 2.05) is 0 Å². The molecule has 1 saturated carbocycles. The zero-order chi connectivity index (χ0) is 14.8. The first-order valence-electron chi connectivity index (χ1n) is 9.00.